The van der Waals surface area contributed by atoms with Crippen molar-refractivity contribution in [1.29, 1.82) is 5.26 Å². The Morgan fingerprint density at radius 1 is 1.32 bits per heavy atom. The monoisotopic (exact) mass is 258 g/mol. The van der Waals surface area contributed by atoms with E-state index in [1.807, 2.05) is 0 Å². The van der Waals surface area contributed by atoms with Gasteiger partial charge in [0, 0.05) is 19.3 Å². The summed E-state index contributed by atoms with van der Waals surface area (Å²) in [6.07, 6.45) is 0.902. The first-order valence-electron chi connectivity index (χ1n) is 7.01. The largest absolute Gasteiger partial charge is 0.373 e. The van der Waals surface area contributed by atoms with Crippen molar-refractivity contribution in [2.75, 3.05) is 18.5 Å². The van der Waals surface area contributed by atoms with Gasteiger partial charge in [0.05, 0.1) is 12.0 Å². The molecule has 2 nitrogen and oxygen atoms in total. The minimum absolute atomic E-state index is 0.0997. The van der Waals surface area contributed by atoms with Crippen molar-refractivity contribution in [2.45, 2.75) is 46.5 Å². The molecule has 0 saturated heterocycles. The Balaban J connectivity index is 3.03. The van der Waals surface area contributed by atoms with Gasteiger partial charge < -0.3 is 4.90 Å². The number of nitriles is 1. The van der Waals surface area contributed by atoms with Crippen molar-refractivity contribution >= 4 is 5.69 Å². The lowest BCUT2D eigenvalue weighted by molar-refractivity contribution is 0.588. The highest BCUT2D eigenvalue weighted by Gasteiger charge is 2.17. The van der Waals surface area contributed by atoms with Gasteiger partial charge in [0.15, 0.2) is 0 Å². The predicted octanol–water partition coefficient (Wildman–Crippen LogP) is 4.28. The minimum Gasteiger partial charge on any atom is -0.373 e. The number of anilines is 1. The summed E-state index contributed by atoms with van der Waals surface area (Å²) in [5, 5.41) is 9.10. The minimum atomic E-state index is 0.0997. The standard InChI is InChI=1S/C17H26N2/c1-7-14(11-18)12-19(6)16-10-15(17(3,4)5)9-8-13(16)2/h8-10,14H,7,12H2,1-6H3. The highest BCUT2D eigenvalue weighted by atomic mass is 15.1. The molecular formula is C17H26N2. The molecule has 0 amide bonds. The number of aryl methyl sites for hydroxylation is 1. The van der Waals surface area contributed by atoms with E-state index in [1.165, 1.54) is 16.8 Å². The molecule has 0 heterocycles. The first-order valence-corrected chi connectivity index (χ1v) is 7.01. The second kappa shape index (κ2) is 6.10. The molecular weight excluding hydrogens is 232 g/mol. The van der Waals surface area contributed by atoms with Gasteiger partial charge in [0.1, 0.15) is 0 Å². The third-order valence-electron chi connectivity index (χ3n) is 3.66. The molecule has 0 aliphatic heterocycles. The fourth-order valence-corrected chi connectivity index (χ4v) is 2.18. The lowest BCUT2D eigenvalue weighted by atomic mass is 9.86. The van der Waals surface area contributed by atoms with E-state index in [0.717, 1.165) is 13.0 Å². The molecule has 0 fully saturated rings. The Morgan fingerprint density at radius 3 is 2.42 bits per heavy atom. The zero-order valence-corrected chi connectivity index (χ0v) is 13.1. The molecule has 0 radical (unpaired) electrons. The summed E-state index contributed by atoms with van der Waals surface area (Å²) in [7, 11) is 2.08. The topological polar surface area (TPSA) is 27.0 Å². The average Bonchev–Trinajstić information content (AvgIpc) is 2.34. The maximum Gasteiger partial charge on any atom is 0.0674 e. The van der Waals surface area contributed by atoms with Gasteiger partial charge in [-0.2, -0.15) is 5.26 Å². The van der Waals surface area contributed by atoms with Crippen LogP contribution < -0.4 is 4.90 Å². The summed E-state index contributed by atoms with van der Waals surface area (Å²) < 4.78 is 0. The molecule has 0 bridgehead atoms. The van der Waals surface area contributed by atoms with Gasteiger partial charge in [-0.1, -0.05) is 39.8 Å². The molecule has 19 heavy (non-hydrogen) atoms. The third kappa shape index (κ3) is 3.99. The first kappa shape index (κ1) is 15.6. The molecule has 0 saturated carbocycles. The highest BCUT2D eigenvalue weighted by molar-refractivity contribution is 5.55. The van der Waals surface area contributed by atoms with Crippen molar-refractivity contribution < 1.29 is 0 Å². The SMILES string of the molecule is CCC(C#N)CN(C)c1cc(C(C)(C)C)ccc1C. The number of rotatable bonds is 4. The smallest absolute Gasteiger partial charge is 0.0674 e. The van der Waals surface area contributed by atoms with Gasteiger partial charge in [0.25, 0.3) is 0 Å². The zero-order valence-electron chi connectivity index (χ0n) is 13.1. The van der Waals surface area contributed by atoms with E-state index in [2.05, 4.69) is 70.8 Å². The van der Waals surface area contributed by atoms with Gasteiger partial charge in [-0.25, -0.2) is 0 Å². The maximum absolute atomic E-state index is 9.10. The van der Waals surface area contributed by atoms with Crippen LogP contribution in [0.1, 0.15) is 45.2 Å². The van der Waals surface area contributed by atoms with Gasteiger partial charge in [-0.05, 0) is 36.0 Å². The summed E-state index contributed by atoms with van der Waals surface area (Å²) in [6.45, 7) is 11.7. The maximum atomic E-state index is 9.10. The molecule has 0 N–H and O–H groups in total. The summed E-state index contributed by atoms with van der Waals surface area (Å²) in [5.74, 6) is 0.0997. The van der Waals surface area contributed by atoms with Crippen LogP contribution >= 0.6 is 0 Å². The van der Waals surface area contributed by atoms with E-state index >= 15 is 0 Å². The zero-order chi connectivity index (χ0) is 14.6. The molecule has 1 aromatic rings. The number of nitrogens with zero attached hydrogens (tertiary/aromatic N) is 2. The van der Waals surface area contributed by atoms with Crippen molar-refractivity contribution in [3.63, 3.8) is 0 Å². The number of benzene rings is 1. The van der Waals surface area contributed by atoms with E-state index in [9.17, 15) is 0 Å². The van der Waals surface area contributed by atoms with Crippen molar-refractivity contribution in [1.82, 2.24) is 0 Å². The Labute approximate surface area is 118 Å². The molecule has 0 aliphatic rings. The van der Waals surface area contributed by atoms with Crippen molar-refractivity contribution in [2.24, 2.45) is 5.92 Å². The van der Waals surface area contributed by atoms with E-state index < -0.39 is 0 Å². The summed E-state index contributed by atoms with van der Waals surface area (Å²) in [5.41, 5.74) is 4.00. The molecule has 1 atom stereocenters. The summed E-state index contributed by atoms with van der Waals surface area (Å²) in [6, 6.07) is 9.02. The lowest BCUT2D eigenvalue weighted by Crippen LogP contribution is -2.25. The van der Waals surface area contributed by atoms with Crippen LogP contribution in [0.4, 0.5) is 5.69 Å². The van der Waals surface area contributed by atoms with Gasteiger partial charge in [-0.3, -0.25) is 0 Å². The lowest BCUT2D eigenvalue weighted by Gasteiger charge is -2.27. The van der Waals surface area contributed by atoms with Crippen LogP contribution in [0.3, 0.4) is 0 Å². The molecule has 2 heteroatoms. The van der Waals surface area contributed by atoms with Crippen molar-refractivity contribution in [3.05, 3.63) is 29.3 Å². The van der Waals surface area contributed by atoms with Gasteiger partial charge in [0.2, 0.25) is 0 Å². The average molecular weight is 258 g/mol. The van der Waals surface area contributed by atoms with Crippen LogP contribution in [0.25, 0.3) is 0 Å². The van der Waals surface area contributed by atoms with Crippen molar-refractivity contribution in [3.8, 4) is 6.07 Å². The highest BCUT2D eigenvalue weighted by Crippen LogP contribution is 2.29. The second-order valence-electron chi connectivity index (χ2n) is 6.37. The summed E-state index contributed by atoms with van der Waals surface area (Å²) in [4.78, 5) is 2.21. The second-order valence-corrected chi connectivity index (χ2v) is 6.37. The predicted molar refractivity (Wildman–Crippen MR) is 82.5 cm³/mol. The van der Waals surface area contributed by atoms with Crippen LogP contribution in [-0.4, -0.2) is 13.6 Å². The third-order valence-corrected chi connectivity index (χ3v) is 3.66. The van der Waals surface area contributed by atoms with Gasteiger partial charge >= 0.3 is 0 Å². The van der Waals surface area contributed by atoms with Crippen LogP contribution in [0.15, 0.2) is 18.2 Å². The Bertz CT molecular complexity index is 463. The van der Waals surface area contributed by atoms with Crippen LogP contribution in [0.5, 0.6) is 0 Å². The molecule has 0 aliphatic carbocycles. The molecule has 104 valence electrons. The van der Waals surface area contributed by atoms with E-state index in [1.54, 1.807) is 0 Å². The fraction of sp³-hybridized carbons (Fsp3) is 0.588. The Hall–Kier alpha value is -1.49. The Kier molecular flexibility index (Phi) is 5.00. The Morgan fingerprint density at radius 2 is 1.95 bits per heavy atom. The van der Waals surface area contributed by atoms with Crippen LogP contribution in [0.2, 0.25) is 0 Å². The first-order chi connectivity index (χ1) is 8.79. The number of hydrogen-bond acceptors (Lipinski definition) is 2. The molecule has 1 rings (SSSR count). The molecule has 1 unspecified atom stereocenters. The van der Waals surface area contributed by atoms with Crippen LogP contribution in [-0.2, 0) is 5.41 Å². The quantitative estimate of drug-likeness (QED) is 0.806. The van der Waals surface area contributed by atoms with Crippen LogP contribution in [0, 0.1) is 24.2 Å². The summed E-state index contributed by atoms with van der Waals surface area (Å²) >= 11 is 0. The van der Waals surface area contributed by atoms with E-state index in [0.29, 0.717) is 0 Å². The molecule has 1 aromatic carbocycles. The van der Waals surface area contributed by atoms with Gasteiger partial charge in [-0.15, -0.1) is 0 Å². The fourth-order valence-electron chi connectivity index (χ4n) is 2.18. The normalized spacial score (nSPS) is 12.9. The number of hydrogen-bond donors (Lipinski definition) is 0. The van der Waals surface area contributed by atoms with E-state index in [4.69, 9.17) is 5.26 Å². The van der Waals surface area contributed by atoms with E-state index in [-0.39, 0.29) is 11.3 Å². The molecule has 0 spiro atoms. The molecule has 0 aromatic heterocycles.